The summed E-state index contributed by atoms with van der Waals surface area (Å²) in [5, 5.41) is 5.55. The van der Waals surface area contributed by atoms with Crippen LogP contribution < -0.4 is 10.3 Å². The fourth-order valence-corrected chi connectivity index (χ4v) is 4.16. The van der Waals surface area contributed by atoms with E-state index < -0.39 is 0 Å². The van der Waals surface area contributed by atoms with Gasteiger partial charge in [-0.2, -0.15) is 5.10 Å². The van der Waals surface area contributed by atoms with E-state index in [4.69, 9.17) is 4.74 Å². The van der Waals surface area contributed by atoms with E-state index in [9.17, 15) is 9.18 Å². The number of benzene rings is 2. The highest BCUT2D eigenvalue weighted by atomic mass is 19.1. The molecule has 0 amide bonds. The first-order valence-electron chi connectivity index (χ1n) is 10.9. The van der Waals surface area contributed by atoms with Gasteiger partial charge in [-0.15, -0.1) is 0 Å². The summed E-state index contributed by atoms with van der Waals surface area (Å²) in [6, 6.07) is 15.3. The van der Waals surface area contributed by atoms with Crippen molar-refractivity contribution < 1.29 is 9.13 Å². The highest BCUT2D eigenvalue weighted by molar-refractivity contribution is 5.80. The number of nitrogens with zero attached hydrogens (tertiary/aromatic N) is 4. The summed E-state index contributed by atoms with van der Waals surface area (Å²) in [6.07, 6.45) is 6.14. The zero-order chi connectivity index (χ0) is 21.9. The molecule has 0 spiro atoms. The van der Waals surface area contributed by atoms with Crippen molar-refractivity contribution in [2.75, 3.05) is 19.6 Å². The molecule has 0 unspecified atom stereocenters. The van der Waals surface area contributed by atoms with Gasteiger partial charge < -0.3 is 9.64 Å². The van der Waals surface area contributed by atoms with E-state index in [0.717, 1.165) is 35.2 Å². The van der Waals surface area contributed by atoms with Crippen molar-refractivity contribution >= 4 is 10.9 Å². The summed E-state index contributed by atoms with van der Waals surface area (Å²) < 4.78 is 22.3. The molecular weight excluding hydrogens is 407 g/mol. The highest BCUT2D eigenvalue weighted by Gasteiger charge is 2.12. The molecule has 0 atom stereocenters. The minimum absolute atomic E-state index is 0.178. The van der Waals surface area contributed by atoms with Crippen LogP contribution in [-0.2, 0) is 13.2 Å². The number of pyridine rings is 1. The van der Waals surface area contributed by atoms with Crippen LogP contribution in [0.1, 0.15) is 18.4 Å². The number of rotatable bonds is 7. The lowest BCUT2D eigenvalue weighted by molar-refractivity contribution is 0.305. The molecule has 1 fully saturated rings. The molecule has 5 rings (SSSR count). The van der Waals surface area contributed by atoms with Gasteiger partial charge in [-0.05, 0) is 67.9 Å². The molecule has 32 heavy (non-hydrogen) atoms. The van der Waals surface area contributed by atoms with Gasteiger partial charge >= 0.3 is 0 Å². The fraction of sp³-hybridized carbons (Fsp3) is 0.280. The van der Waals surface area contributed by atoms with Crippen LogP contribution in [0.25, 0.3) is 16.6 Å². The Kier molecular flexibility index (Phi) is 5.73. The second kappa shape index (κ2) is 8.96. The first kappa shape index (κ1) is 20.5. The number of halogens is 1. The van der Waals surface area contributed by atoms with Crippen LogP contribution in [0.4, 0.5) is 4.39 Å². The number of aromatic nitrogens is 3. The monoisotopic (exact) mass is 432 g/mol. The van der Waals surface area contributed by atoms with Crippen LogP contribution in [0.5, 0.6) is 5.75 Å². The lowest BCUT2D eigenvalue weighted by Crippen LogP contribution is -2.24. The molecule has 3 heterocycles. The molecular formula is C25H25FN4O2. The second-order valence-electron chi connectivity index (χ2n) is 8.15. The van der Waals surface area contributed by atoms with Gasteiger partial charge in [-0.25, -0.2) is 4.39 Å². The predicted octanol–water partition coefficient (Wildman–Crippen LogP) is 4.00. The molecule has 2 aromatic carbocycles. The Morgan fingerprint density at radius 1 is 0.969 bits per heavy atom. The first-order chi connectivity index (χ1) is 15.7. The van der Waals surface area contributed by atoms with Crippen LogP contribution in [0.3, 0.4) is 0 Å². The predicted molar refractivity (Wildman–Crippen MR) is 122 cm³/mol. The molecule has 7 heteroatoms. The number of ether oxygens (including phenoxy) is 1. The van der Waals surface area contributed by atoms with E-state index in [2.05, 4.69) is 10.00 Å². The molecule has 4 aromatic rings. The van der Waals surface area contributed by atoms with Gasteiger partial charge in [0.05, 0.1) is 18.3 Å². The lowest BCUT2D eigenvalue weighted by Gasteiger charge is -2.14. The van der Waals surface area contributed by atoms with Gasteiger partial charge in [0, 0.05) is 29.9 Å². The van der Waals surface area contributed by atoms with Crippen LogP contribution in [0, 0.1) is 5.82 Å². The average molecular weight is 432 g/mol. The Balaban J connectivity index is 1.29. The van der Waals surface area contributed by atoms with Gasteiger partial charge in [-0.1, -0.05) is 12.1 Å². The second-order valence-corrected chi connectivity index (χ2v) is 8.15. The zero-order valence-corrected chi connectivity index (χ0v) is 17.8. The van der Waals surface area contributed by atoms with E-state index in [1.165, 1.54) is 44.1 Å². The molecule has 0 aliphatic carbocycles. The van der Waals surface area contributed by atoms with Crippen molar-refractivity contribution in [2.45, 2.75) is 26.0 Å². The average Bonchev–Trinajstić information content (AvgIpc) is 3.47. The van der Waals surface area contributed by atoms with Crippen molar-refractivity contribution in [2.24, 2.45) is 0 Å². The van der Waals surface area contributed by atoms with Crippen molar-refractivity contribution in [1.82, 2.24) is 19.2 Å². The topological polar surface area (TPSA) is 52.3 Å². The SMILES string of the molecule is O=c1cc(OCc2ccc(F)cc2)ccn1-c1ccc2c(cnn2CCN2CCCC2)c1. The van der Waals surface area contributed by atoms with Gasteiger partial charge in [-0.3, -0.25) is 14.0 Å². The van der Waals surface area contributed by atoms with Crippen LogP contribution in [0.15, 0.2) is 71.8 Å². The maximum Gasteiger partial charge on any atom is 0.258 e. The molecule has 1 aliphatic heterocycles. The first-order valence-corrected chi connectivity index (χ1v) is 10.9. The van der Waals surface area contributed by atoms with Crippen molar-refractivity contribution in [3.05, 3.63) is 88.7 Å². The van der Waals surface area contributed by atoms with Crippen molar-refractivity contribution in [1.29, 1.82) is 0 Å². The largest absolute Gasteiger partial charge is 0.489 e. The molecule has 0 N–H and O–H groups in total. The summed E-state index contributed by atoms with van der Waals surface area (Å²) in [5.41, 5.74) is 2.51. The summed E-state index contributed by atoms with van der Waals surface area (Å²) in [4.78, 5) is 15.2. The molecule has 2 aromatic heterocycles. The smallest absolute Gasteiger partial charge is 0.258 e. The maximum absolute atomic E-state index is 13.0. The van der Waals surface area contributed by atoms with Gasteiger partial charge in [0.15, 0.2) is 0 Å². The van der Waals surface area contributed by atoms with Crippen molar-refractivity contribution in [3.8, 4) is 11.4 Å². The molecule has 0 saturated carbocycles. The van der Waals surface area contributed by atoms with Crippen LogP contribution in [0.2, 0.25) is 0 Å². The standard InChI is InChI=1S/C25H25FN4O2/c26-21-5-3-19(4-6-21)18-32-23-9-12-29(25(31)16-23)22-7-8-24-20(15-22)17-27-30(24)14-13-28-10-1-2-11-28/h3-9,12,15-17H,1-2,10-11,13-14,18H2. The van der Waals surface area contributed by atoms with Crippen LogP contribution >= 0.6 is 0 Å². The normalized spacial score (nSPS) is 14.3. The summed E-state index contributed by atoms with van der Waals surface area (Å²) in [6.45, 7) is 4.50. The van der Waals surface area contributed by atoms with E-state index in [-0.39, 0.29) is 18.0 Å². The Hall–Kier alpha value is -3.45. The minimum atomic E-state index is -0.287. The van der Waals surface area contributed by atoms with Gasteiger partial charge in [0.1, 0.15) is 18.2 Å². The third-order valence-electron chi connectivity index (χ3n) is 5.94. The molecule has 0 radical (unpaired) electrons. The van der Waals surface area contributed by atoms with E-state index >= 15 is 0 Å². The van der Waals surface area contributed by atoms with E-state index in [1.807, 2.05) is 29.1 Å². The lowest BCUT2D eigenvalue weighted by atomic mass is 10.2. The maximum atomic E-state index is 13.0. The quantitative estimate of drug-likeness (QED) is 0.443. The Morgan fingerprint density at radius 2 is 1.78 bits per heavy atom. The molecule has 1 aliphatic rings. The van der Waals surface area contributed by atoms with Gasteiger partial charge in [0.25, 0.3) is 5.56 Å². The fourth-order valence-electron chi connectivity index (χ4n) is 4.16. The number of hydrogen-bond acceptors (Lipinski definition) is 4. The zero-order valence-electron chi connectivity index (χ0n) is 17.8. The summed E-state index contributed by atoms with van der Waals surface area (Å²) in [5.74, 6) is 0.192. The third-order valence-corrected chi connectivity index (χ3v) is 5.94. The van der Waals surface area contributed by atoms with Crippen molar-refractivity contribution in [3.63, 3.8) is 0 Å². The molecule has 0 bridgehead atoms. The Bertz CT molecular complexity index is 1270. The number of fused-ring (bicyclic) bond motifs is 1. The Morgan fingerprint density at radius 3 is 2.56 bits per heavy atom. The van der Waals surface area contributed by atoms with Gasteiger partial charge in [0.2, 0.25) is 0 Å². The molecule has 6 nitrogen and oxygen atoms in total. The Labute approximate surface area is 185 Å². The van der Waals surface area contributed by atoms with E-state index in [0.29, 0.717) is 5.75 Å². The summed E-state index contributed by atoms with van der Waals surface area (Å²) in [7, 11) is 0. The minimum Gasteiger partial charge on any atom is -0.489 e. The number of likely N-dealkylation sites (tertiary alicyclic amines) is 1. The third kappa shape index (κ3) is 4.43. The molecule has 1 saturated heterocycles. The highest BCUT2D eigenvalue weighted by Crippen LogP contribution is 2.19. The molecule has 164 valence electrons. The van der Waals surface area contributed by atoms with E-state index in [1.54, 1.807) is 29.0 Å². The van der Waals surface area contributed by atoms with Crippen LogP contribution in [-0.4, -0.2) is 38.9 Å². The summed E-state index contributed by atoms with van der Waals surface area (Å²) >= 11 is 0. The number of hydrogen-bond donors (Lipinski definition) is 0.